The van der Waals surface area contributed by atoms with Crippen LogP contribution in [0.25, 0.3) is 0 Å². The predicted molar refractivity (Wildman–Crippen MR) is 78.7 cm³/mol. The molecule has 0 aromatic carbocycles. The van der Waals surface area contributed by atoms with Crippen LogP contribution in [0.1, 0.15) is 58.2 Å². The van der Waals surface area contributed by atoms with Crippen LogP contribution in [0, 0.1) is 0 Å². The maximum Gasteiger partial charge on any atom is 0.0957 e. The summed E-state index contributed by atoms with van der Waals surface area (Å²) in [6.45, 7) is 11.2. The van der Waals surface area contributed by atoms with Gasteiger partial charge in [-0.15, -0.1) is 11.3 Å². The molecule has 4 heteroatoms. The lowest BCUT2D eigenvalue weighted by Gasteiger charge is -2.41. The molecule has 1 aliphatic heterocycles. The van der Waals surface area contributed by atoms with Crippen LogP contribution < -0.4 is 0 Å². The van der Waals surface area contributed by atoms with E-state index in [2.05, 4.69) is 31.1 Å². The zero-order valence-electron chi connectivity index (χ0n) is 12.6. The standard InChI is InChI=1S/C15H25NO2S/c1-13(2,3)11-9-19-12(16-11)8-15(17)6-7-18-14(4,5)10-15/h9,17H,6-8,10H2,1-5H3. The van der Waals surface area contributed by atoms with Crippen molar-refractivity contribution in [3.63, 3.8) is 0 Å². The average Bonchev–Trinajstić information content (AvgIpc) is 2.62. The minimum atomic E-state index is -0.672. The second kappa shape index (κ2) is 4.83. The molecule has 1 unspecified atom stereocenters. The van der Waals surface area contributed by atoms with Gasteiger partial charge >= 0.3 is 0 Å². The van der Waals surface area contributed by atoms with Crippen LogP contribution in [0.15, 0.2) is 5.38 Å². The SMILES string of the molecule is CC1(C)CC(O)(Cc2nc(C(C)(C)C)cs2)CCO1. The van der Waals surface area contributed by atoms with Crippen molar-refractivity contribution in [1.82, 2.24) is 4.98 Å². The highest BCUT2D eigenvalue weighted by Crippen LogP contribution is 2.35. The van der Waals surface area contributed by atoms with Crippen LogP contribution in [0.5, 0.6) is 0 Å². The fourth-order valence-corrected chi connectivity index (χ4v) is 3.78. The molecule has 1 saturated heterocycles. The Morgan fingerprint density at radius 3 is 2.63 bits per heavy atom. The Morgan fingerprint density at radius 2 is 2.11 bits per heavy atom. The number of aliphatic hydroxyl groups is 1. The maximum atomic E-state index is 10.8. The monoisotopic (exact) mass is 283 g/mol. The zero-order chi connectivity index (χ0) is 14.3. The first-order valence-electron chi connectivity index (χ1n) is 6.91. The second-order valence-corrected chi connectivity index (χ2v) is 8.26. The number of aromatic nitrogens is 1. The van der Waals surface area contributed by atoms with Gasteiger partial charge in [0, 0.05) is 30.1 Å². The fourth-order valence-electron chi connectivity index (χ4n) is 2.62. The van der Waals surface area contributed by atoms with E-state index in [1.165, 1.54) is 0 Å². The van der Waals surface area contributed by atoms with Crippen molar-refractivity contribution >= 4 is 11.3 Å². The lowest BCUT2D eigenvalue weighted by atomic mass is 9.82. The molecule has 19 heavy (non-hydrogen) atoms. The number of thiazole rings is 1. The molecule has 1 N–H and O–H groups in total. The first kappa shape index (κ1) is 14.9. The third-order valence-corrected chi connectivity index (χ3v) is 4.46. The molecule has 0 saturated carbocycles. The highest BCUT2D eigenvalue weighted by Gasteiger charge is 2.40. The molecular weight excluding hydrogens is 258 g/mol. The lowest BCUT2D eigenvalue weighted by Crippen LogP contribution is -2.47. The van der Waals surface area contributed by atoms with Crippen molar-refractivity contribution in [2.75, 3.05) is 6.61 Å². The quantitative estimate of drug-likeness (QED) is 0.905. The molecule has 1 fully saturated rings. The van der Waals surface area contributed by atoms with E-state index in [9.17, 15) is 5.11 Å². The molecular formula is C15H25NO2S. The molecule has 2 heterocycles. The van der Waals surface area contributed by atoms with Gasteiger partial charge in [-0.05, 0) is 13.8 Å². The van der Waals surface area contributed by atoms with Crippen molar-refractivity contribution in [3.05, 3.63) is 16.1 Å². The second-order valence-electron chi connectivity index (χ2n) is 7.31. The van der Waals surface area contributed by atoms with Crippen molar-refractivity contribution in [2.45, 2.75) is 70.5 Å². The fraction of sp³-hybridized carbons (Fsp3) is 0.800. The molecule has 108 valence electrons. The largest absolute Gasteiger partial charge is 0.389 e. The van der Waals surface area contributed by atoms with E-state index in [0.29, 0.717) is 25.9 Å². The van der Waals surface area contributed by atoms with Crippen LogP contribution in [-0.4, -0.2) is 27.9 Å². The first-order valence-corrected chi connectivity index (χ1v) is 7.79. The molecule has 0 bridgehead atoms. The number of nitrogens with zero attached hydrogens (tertiary/aromatic N) is 1. The maximum absolute atomic E-state index is 10.8. The number of ether oxygens (including phenoxy) is 1. The predicted octanol–water partition coefficient (Wildman–Crippen LogP) is 3.30. The number of hydrogen-bond acceptors (Lipinski definition) is 4. The normalized spacial score (nSPS) is 27.5. The van der Waals surface area contributed by atoms with E-state index in [-0.39, 0.29) is 11.0 Å². The molecule has 0 radical (unpaired) electrons. The average molecular weight is 283 g/mol. The summed E-state index contributed by atoms with van der Waals surface area (Å²) in [5.41, 5.74) is 0.278. The van der Waals surface area contributed by atoms with Gasteiger partial charge in [-0.25, -0.2) is 4.98 Å². The summed E-state index contributed by atoms with van der Waals surface area (Å²) < 4.78 is 5.68. The van der Waals surface area contributed by atoms with E-state index in [1.54, 1.807) is 11.3 Å². The Kier molecular flexibility index (Phi) is 3.80. The van der Waals surface area contributed by atoms with E-state index in [0.717, 1.165) is 10.7 Å². The van der Waals surface area contributed by atoms with Crippen LogP contribution in [0.3, 0.4) is 0 Å². The molecule has 2 rings (SSSR count). The molecule has 0 amide bonds. The van der Waals surface area contributed by atoms with Gasteiger partial charge in [0.15, 0.2) is 0 Å². The van der Waals surface area contributed by atoms with Gasteiger partial charge in [0.1, 0.15) is 0 Å². The number of rotatable bonds is 2. The van der Waals surface area contributed by atoms with Gasteiger partial charge < -0.3 is 9.84 Å². The third-order valence-electron chi connectivity index (χ3n) is 3.62. The zero-order valence-corrected chi connectivity index (χ0v) is 13.4. The Hall–Kier alpha value is -0.450. The van der Waals surface area contributed by atoms with Crippen LogP contribution in [0.4, 0.5) is 0 Å². The minimum absolute atomic E-state index is 0.0757. The molecule has 1 aliphatic rings. The van der Waals surface area contributed by atoms with Gasteiger partial charge in [0.05, 0.1) is 28.5 Å². The first-order chi connectivity index (χ1) is 8.60. The highest BCUT2D eigenvalue weighted by atomic mass is 32.1. The minimum Gasteiger partial charge on any atom is -0.389 e. The molecule has 1 aromatic rings. The van der Waals surface area contributed by atoms with Gasteiger partial charge in [-0.1, -0.05) is 20.8 Å². The Balaban J connectivity index is 2.10. The van der Waals surface area contributed by atoms with Gasteiger partial charge in [-0.2, -0.15) is 0 Å². The topological polar surface area (TPSA) is 42.4 Å². The summed E-state index contributed by atoms with van der Waals surface area (Å²) >= 11 is 1.66. The third kappa shape index (κ3) is 3.77. The molecule has 0 spiro atoms. The van der Waals surface area contributed by atoms with Gasteiger partial charge in [0.2, 0.25) is 0 Å². The Labute approximate surface area is 120 Å². The van der Waals surface area contributed by atoms with E-state index in [1.807, 2.05) is 13.8 Å². The lowest BCUT2D eigenvalue weighted by molar-refractivity contribution is -0.143. The van der Waals surface area contributed by atoms with Crippen molar-refractivity contribution in [1.29, 1.82) is 0 Å². The summed E-state index contributed by atoms with van der Waals surface area (Å²) in [5, 5.41) is 13.9. The smallest absolute Gasteiger partial charge is 0.0957 e. The van der Waals surface area contributed by atoms with E-state index >= 15 is 0 Å². The van der Waals surface area contributed by atoms with Crippen LogP contribution in [-0.2, 0) is 16.6 Å². The molecule has 1 aromatic heterocycles. The molecule has 1 atom stereocenters. The van der Waals surface area contributed by atoms with Crippen molar-refractivity contribution < 1.29 is 9.84 Å². The molecule has 3 nitrogen and oxygen atoms in total. The molecule has 0 aliphatic carbocycles. The summed E-state index contributed by atoms with van der Waals surface area (Å²) in [5.74, 6) is 0. The van der Waals surface area contributed by atoms with Crippen molar-refractivity contribution in [3.8, 4) is 0 Å². The van der Waals surface area contributed by atoms with Crippen LogP contribution >= 0.6 is 11.3 Å². The van der Waals surface area contributed by atoms with Crippen LogP contribution in [0.2, 0.25) is 0 Å². The Bertz CT molecular complexity index is 447. The van der Waals surface area contributed by atoms with Gasteiger partial charge in [0.25, 0.3) is 0 Å². The number of hydrogen-bond donors (Lipinski definition) is 1. The summed E-state index contributed by atoms with van der Waals surface area (Å²) in [7, 11) is 0. The Morgan fingerprint density at radius 1 is 1.42 bits per heavy atom. The van der Waals surface area contributed by atoms with Crippen molar-refractivity contribution in [2.24, 2.45) is 0 Å². The van der Waals surface area contributed by atoms with Gasteiger partial charge in [-0.3, -0.25) is 0 Å². The summed E-state index contributed by atoms with van der Waals surface area (Å²) in [6, 6.07) is 0. The van der Waals surface area contributed by atoms with E-state index in [4.69, 9.17) is 4.74 Å². The van der Waals surface area contributed by atoms with E-state index < -0.39 is 5.60 Å². The summed E-state index contributed by atoms with van der Waals surface area (Å²) in [6.07, 6.45) is 2.01. The highest BCUT2D eigenvalue weighted by molar-refractivity contribution is 7.09. The summed E-state index contributed by atoms with van der Waals surface area (Å²) in [4.78, 5) is 4.69.